The lowest BCUT2D eigenvalue weighted by atomic mass is 10.4. The third kappa shape index (κ3) is 3.26. The Hall–Kier alpha value is -0.560. The van der Waals surface area contributed by atoms with Crippen LogP contribution in [0.1, 0.15) is 24.0 Å². The standard InChI is InChI=1S/C11H15ClN4S2/c1-2-5-16-10(6-13)14-15-11(16)17-7-8-3-4-9(12)18-8/h3-4H,2,5-7,13H2,1H3. The third-order valence-corrected chi connectivity index (χ3v) is 4.83. The van der Waals surface area contributed by atoms with E-state index in [-0.39, 0.29) is 0 Å². The highest BCUT2D eigenvalue weighted by atomic mass is 35.5. The Labute approximate surface area is 120 Å². The normalized spacial score (nSPS) is 11.1. The van der Waals surface area contributed by atoms with E-state index in [1.807, 2.05) is 12.1 Å². The molecule has 2 aromatic rings. The number of hydrogen-bond donors (Lipinski definition) is 1. The van der Waals surface area contributed by atoms with Crippen molar-refractivity contribution in [2.24, 2.45) is 5.73 Å². The Balaban J connectivity index is 2.06. The van der Waals surface area contributed by atoms with Gasteiger partial charge in [0.25, 0.3) is 0 Å². The predicted octanol–water partition coefficient (Wildman–Crippen LogP) is 3.15. The minimum Gasteiger partial charge on any atom is -0.324 e. The SMILES string of the molecule is CCCn1c(CN)nnc1SCc1ccc(Cl)s1. The Bertz CT molecular complexity index is 509. The minimum atomic E-state index is 0.429. The molecule has 0 aliphatic carbocycles. The van der Waals surface area contributed by atoms with Gasteiger partial charge in [0.15, 0.2) is 5.16 Å². The van der Waals surface area contributed by atoms with Gasteiger partial charge in [0.2, 0.25) is 0 Å². The van der Waals surface area contributed by atoms with E-state index in [4.69, 9.17) is 17.3 Å². The summed E-state index contributed by atoms with van der Waals surface area (Å²) < 4.78 is 2.92. The number of rotatable bonds is 6. The molecule has 0 radical (unpaired) electrons. The predicted molar refractivity (Wildman–Crippen MR) is 77.1 cm³/mol. The molecule has 0 spiro atoms. The van der Waals surface area contributed by atoms with Crippen LogP contribution in [0.5, 0.6) is 0 Å². The number of thioether (sulfide) groups is 1. The van der Waals surface area contributed by atoms with Gasteiger partial charge in [-0.3, -0.25) is 0 Å². The lowest BCUT2D eigenvalue weighted by Crippen LogP contribution is -2.09. The molecular formula is C11H15ClN4S2. The number of nitrogens with two attached hydrogens (primary N) is 1. The van der Waals surface area contributed by atoms with Crippen molar-refractivity contribution in [3.63, 3.8) is 0 Å². The molecule has 4 nitrogen and oxygen atoms in total. The van der Waals surface area contributed by atoms with E-state index in [9.17, 15) is 0 Å². The van der Waals surface area contributed by atoms with E-state index in [0.29, 0.717) is 6.54 Å². The molecule has 0 aromatic carbocycles. The average molecular weight is 303 g/mol. The van der Waals surface area contributed by atoms with Crippen LogP contribution in [0.4, 0.5) is 0 Å². The van der Waals surface area contributed by atoms with Crippen molar-refractivity contribution in [2.45, 2.75) is 37.3 Å². The maximum absolute atomic E-state index is 5.91. The molecular weight excluding hydrogens is 288 g/mol. The van der Waals surface area contributed by atoms with E-state index < -0.39 is 0 Å². The monoisotopic (exact) mass is 302 g/mol. The molecule has 0 bridgehead atoms. The second-order valence-corrected chi connectivity index (χ2v) is 6.49. The smallest absolute Gasteiger partial charge is 0.191 e. The molecule has 2 aromatic heterocycles. The molecule has 0 saturated heterocycles. The van der Waals surface area contributed by atoms with Crippen LogP contribution in [0.2, 0.25) is 4.34 Å². The second kappa shape index (κ2) is 6.56. The number of nitrogens with zero attached hydrogens (tertiary/aromatic N) is 3. The summed E-state index contributed by atoms with van der Waals surface area (Å²) in [5, 5.41) is 9.24. The van der Waals surface area contributed by atoms with E-state index in [1.165, 1.54) is 4.88 Å². The molecule has 7 heteroatoms. The zero-order valence-corrected chi connectivity index (χ0v) is 12.5. The van der Waals surface area contributed by atoms with Gasteiger partial charge < -0.3 is 10.3 Å². The average Bonchev–Trinajstić information content (AvgIpc) is 2.94. The van der Waals surface area contributed by atoms with Gasteiger partial charge in [-0.15, -0.1) is 21.5 Å². The zero-order valence-electron chi connectivity index (χ0n) is 10.1. The first-order valence-electron chi connectivity index (χ1n) is 5.73. The summed E-state index contributed by atoms with van der Waals surface area (Å²) in [5.74, 6) is 1.72. The first-order chi connectivity index (χ1) is 8.74. The maximum Gasteiger partial charge on any atom is 0.191 e. The number of halogens is 1. The molecule has 0 fully saturated rings. The summed E-state index contributed by atoms with van der Waals surface area (Å²) in [4.78, 5) is 1.24. The summed E-state index contributed by atoms with van der Waals surface area (Å²) >= 11 is 9.19. The Morgan fingerprint density at radius 2 is 2.28 bits per heavy atom. The fourth-order valence-corrected chi connectivity index (χ4v) is 3.70. The lowest BCUT2D eigenvalue weighted by molar-refractivity contribution is 0.592. The molecule has 0 aliphatic rings. The van der Waals surface area contributed by atoms with Gasteiger partial charge in [0.1, 0.15) is 5.82 Å². The van der Waals surface area contributed by atoms with Crippen molar-refractivity contribution in [3.8, 4) is 0 Å². The lowest BCUT2D eigenvalue weighted by Gasteiger charge is -2.06. The summed E-state index contributed by atoms with van der Waals surface area (Å²) in [7, 11) is 0. The highest BCUT2D eigenvalue weighted by molar-refractivity contribution is 7.98. The summed E-state index contributed by atoms with van der Waals surface area (Å²) in [6.07, 6.45) is 1.05. The minimum absolute atomic E-state index is 0.429. The van der Waals surface area contributed by atoms with Crippen molar-refractivity contribution >= 4 is 34.7 Å². The number of aromatic nitrogens is 3. The molecule has 98 valence electrons. The van der Waals surface area contributed by atoms with E-state index in [0.717, 1.165) is 34.0 Å². The Kier molecular flexibility index (Phi) is 5.05. The molecule has 0 aliphatic heterocycles. The molecule has 2 N–H and O–H groups in total. The second-order valence-electron chi connectivity index (χ2n) is 3.75. The van der Waals surface area contributed by atoms with Gasteiger partial charge in [0.05, 0.1) is 10.9 Å². The Morgan fingerprint density at radius 1 is 1.44 bits per heavy atom. The van der Waals surface area contributed by atoms with Gasteiger partial charge in [-0.05, 0) is 18.6 Å². The van der Waals surface area contributed by atoms with Crippen LogP contribution in [0, 0.1) is 0 Å². The van der Waals surface area contributed by atoms with Crippen molar-refractivity contribution in [2.75, 3.05) is 0 Å². The summed E-state index contributed by atoms with van der Waals surface area (Å²) in [6, 6.07) is 3.97. The van der Waals surface area contributed by atoms with Crippen molar-refractivity contribution in [1.82, 2.24) is 14.8 Å². The Morgan fingerprint density at radius 3 is 2.89 bits per heavy atom. The van der Waals surface area contributed by atoms with Crippen LogP contribution in [-0.2, 0) is 18.8 Å². The third-order valence-electron chi connectivity index (χ3n) is 2.40. The molecule has 0 unspecified atom stereocenters. The fraction of sp³-hybridized carbons (Fsp3) is 0.455. The van der Waals surface area contributed by atoms with Crippen LogP contribution in [-0.4, -0.2) is 14.8 Å². The van der Waals surface area contributed by atoms with Crippen LogP contribution in [0.3, 0.4) is 0 Å². The van der Waals surface area contributed by atoms with Crippen LogP contribution in [0.15, 0.2) is 17.3 Å². The first kappa shape index (κ1) is 13.9. The highest BCUT2D eigenvalue weighted by Crippen LogP contribution is 2.28. The van der Waals surface area contributed by atoms with Crippen LogP contribution in [0.25, 0.3) is 0 Å². The molecule has 0 atom stereocenters. The quantitative estimate of drug-likeness (QED) is 0.833. The van der Waals surface area contributed by atoms with Crippen LogP contribution >= 0.6 is 34.7 Å². The van der Waals surface area contributed by atoms with E-state index >= 15 is 0 Å². The molecule has 2 rings (SSSR count). The van der Waals surface area contributed by atoms with Gasteiger partial charge in [-0.1, -0.05) is 30.3 Å². The summed E-state index contributed by atoms with van der Waals surface area (Å²) in [5.41, 5.74) is 5.66. The van der Waals surface area contributed by atoms with E-state index in [2.05, 4.69) is 21.7 Å². The maximum atomic E-state index is 5.91. The first-order valence-corrected chi connectivity index (χ1v) is 7.91. The topological polar surface area (TPSA) is 56.7 Å². The van der Waals surface area contributed by atoms with Gasteiger partial charge in [0, 0.05) is 17.2 Å². The van der Waals surface area contributed by atoms with E-state index in [1.54, 1.807) is 23.1 Å². The number of thiophene rings is 1. The number of hydrogen-bond acceptors (Lipinski definition) is 5. The highest BCUT2D eigenvalue weighted by Gasteiger charge is 2.11. The zero-order chi connectivity index (χ0) is 13.0. The fourth-order valence-electron chi connectivity index (χ4n) is 1.59. The van der Waals surface area contributed by atoms with Gasteiger partial charge in [-0.2, -0.15) is 0 Å². The largest absolute Gasteiger partial charge is 0.324 e. The van der Waals surface area contributed by atoms with Crippen LogP contribution < -0.4 is 5.73 Å². The molecule has 2 heterocycles. The van der Waals surface area contributed by atoms with Crippen molar-refractivity contribution < 1.29 is 0 Å². The van der Waals surface area contributed by atoms with Crippen molar-refractivity contribution in [3.05, 3.63) is 27.2 Å². The molecule has 18 heavy (non-hydrogen) atoms. The molecule has 0 saturated carbocycles. The van der Waals surface area contributed by atoms with Gasteiger partial charge in [-0.25, -0.2) is 0 Å². The van der Waals surface area contributed by atoms with Gasteiger partial charge >= 0.3 is 0 Å². The molecule has 0 amide bonds. The van der Waals surface area contributed by atoms with Crippen molar-refractivity contribution in [1.29, 1.82) is 0 Å². The summed E-state index contributed by atoms with van der Waals surface area (Å²) in [6.45, 7) is 3.47.